The van der Waals surface area contributed by atoms with Crippen LogP contribution in [0.3, 0.4) is 0 Å². The molecule has 10 heteroatoms. The fourth-order valence-electron chi connectivity index (χ4n) is 2.69. The molecule has 140 valence electrons. The Labute approximate surface area is 155 Å². The first kappa shape index (κ1) is 21.6. The Bertz CT molecular complexity index is 609. The van der Waals surface area contributed by atoms with Gasteiger partial charge in [-0.3, -0.25) is 19.7 Å². The minimum absolute atomic E-state index is 0.0266. The number of carboxylic acids is 1. The monoisotopic (exact) mass is 393 g/mol. The topological polar surface area (TPSA) is 142 Å². The number of nitrogens with two attached hydrogens (primary N) is 2. The molecule has 0 heterocycles. The normalized spacial score (nSPS) is 12.8. The SMILES string of the molecule is NOC(CCCl)(CCCl)c1ccc([N+](=O)[O-])c(C[C@H](N)CC(=O)O)c1. The largest absolute Gasteiger partial charge is 0.481 e. The summed E-state index contributed by atoms with van der Waals surface area (Å²) in [6, 6.07) is 3.66. The Hall–Kier alpha value is -1.45. The first-order chi connectivity index (χ1) is 11.8. The van der Waals surface area contributed by atoms with Crippen molar-refractivity contribution in [2.45, 2.75) is 37.3 Å². The molecule has 0 radical (unpaired) electrons. The van der Waals surface area contributed by atoms with Gasteiger partial charge in [0.05, 0.1) is 11.3 Å². The van der Waals surface area contributed by atoms with Crippen molar-refractivity contribution in [3.05, 3.63) is 39.4 Å². The number of alkyl halides is 2. The summed E-state index contributed by atoms with van der Waals surface area (Å²) in [5, 5.41) is 20.1. The van der Waals surface area contributed by atoms with Crippen molar-refractivity contribution in [2.75, 3.05) is 11.8 Å². The molecule has 1 atom stereocenters. The lowest BCUT2D eigenvalue weighted by molar-refractivity contribution is -0.385. The molecular weight excluding hydrogens is 373 g/mol. The molecule has 1 rings (SSSR count). The number of hydrogen-bond donors (Lipinski definition) is 3. The molecular formula is C15H21Cl2N3O5. The fourth-order valence-corrected chi connectivity index (χ4v) is 3.30. The molecule has 0 saturated carbocycles. The number of benzene rings is 1. The van der Waals surface area contributed by atoms with Gasteiger partial charge < -0.3 is 10.8 Å². The van der Waals surface area contributed by atoms with Crippen molar-refractivity contribution < 1.29 is 19.7 Å². The summed E-state index contributed by atoms with van der Waals surface area (Å²) in [5.41, 5.74) is 5.55. The summed E-state index contributed by atoms with van der Waals surface area (Å²) in [5.74, 6) is 4.90. The van der Waals surface area contributed by atoms with E-state index < -0.39 is 22.5 Å². The van der Waals surface area contributed by atoms with Crippen LogP contribution in [-0.4, -0.2) is 33.8 Å². The van der Waals surface area contributed by atoms with Gasteiger partial charge in [-0.25, -0.2) is 5.90 Å². The Morgan fingerprint density at radius 1 is 1.36 bits per heavy atom. The number of halogens is 2. The van der Waals surface area contributed by atoms with Gasteiger partial charge in [0.25, 0.3) is 5.69 Å². The molecule has 0 saturated heterocycles. The van der Waals surface area contributed by atoms with E-state index in [-0.39, 0.29) is 30.3 Å². The number of hydrogen-bond acceptors (Lipinski definition) is 6. The second kappa shape index (κ2) is 9.88. The summed E-state index contributed by atoms with van der Waals surface area (Å²) in [7, 11) is 0. The molecule has 1 aromatic rings. The molecule has 8 nitrogen and oxygen atoms in total. The molecule has 0 aromatic heterocycles. The van der Waals surface area contributed by atoms with Crippen molar-refractivity contribution >= 4 is 34.9 Å². The van der Waals surface area contributed by atoms with Gasteiger partial charge in [-0.05, 0) is 37.0 Å². The number of nitro benzene ring substituents is 1. The van der Waals surface area contributed by atoms with Crippen LogP contribution in [0.4, 0.5) is 5.69 Å². The Balaban J connectivity index is 3.32. The van der Waals surface area contributed by atoms with E-state index in [0.29, 0.717) is 24.0 Å². The fraction of sp³-hybridized carbons (Fsp3) is 0.533. The van der Waals surface area contributed by atoms with Crippen molar-refractivity contribution in [1.29, 1.82) is 0 Å². The number of nitro groups is 1. The van der Waals surface area contributed by atoms with E-state index in [0.717, 1.165) is 0 Å². The molecule has 0 fully saturated rings. The van der Waals surface area contributed by atoms with Gasteiger partial charge in [-0.1, -0.05) is 0 Å². The van der Waals surface area contributed by atoms with E-state index in [2.05, 4.69) is 0 Å². The van der Waals surface area contributed by atoms with Crippen LogP contribution in [0.25, 0.3) is 0 Å². The highest BCUT2D eigenvalue weighted by Gasteiger charge is 2.33. The molecule has 0 bridgehead atoms. The second-order valence-corrected chi connectivity index (χ2v) is 6.41. The van der Waals surface area contributed by atoms with Gasteiger partial charge in [0, 0.05) is 29.4 Å². The van der Waals surface area contributed by atoms with Crippen molar-refractivity contribution in [1.82, 2.24) is 0 Å². The Morgan fingerprint density at radius 3 is 2.40 bits per heavy atom. The predicted octanol–water partition coefficient (Wildman–Crippen LogP) is 2.28. The Kier molecular flexibility index (Phi) is 8.54. The molecule has 0 amide bonds. The van der Waals surface area contributed by atoms with Crippen molar-refractivity contribution in [3.8, 4) is 0 Å². The Morgan fingerprint density at radius 2 is 1.96 bits per heavy atom. The van der Waals surface area contributed by atoms with Gasteiger partial charge in [-0.15, -0.1) is 23.2 Å². The minimum Gasteiger partial charge on any atom is -0.481 e. The lowest BCUT2D eigenvalue weighted by atomic mass is 9.86. The van der Waals surface area contributed by atoms with E-state index in [1.165, 1.54) is 12.1 Å². The number of carbonyl (C=O) groups is 1. The molecule has 0 spiro atoms. The molecule has 0 aliphatic rings. The smallest absolute Gasteiger partial charge is 0.304 e. The minimum atomic E-state index is -1.07. The maximum absolute atomic E-state index is 11.3. The quantitative estimate of drug-likeness (QED) is 0.297. The lowest BCUT2D eigenvalue weighted by Crippen LogP contribution is -2.34. The van der Waals surface area contributed by atoms with Crippen molar-refractivity contribution in [2.24, 2.45) is 11.6 Å². The van der Waals surface area contributed by atoms with E-state index in [9.17, 15) is 14.9 Å². The number of aliphatic carboxylic acids is 1. The molecule has 5 N–H and O–H groups in total. The van der Waals surface area contributed by atoms with Gasteiger partial charge in [0.2, 0.25) is 0 Å². The summed E-state index contributed by atoms with van der Waals surface area (Å²) in [4.78, 5) is 26.7. The third kappa shape index (κ3) is 5.79. The highest BCUT2D eigenvalue weighted by atomic mass is 35.5. The standard InChI is InChI=1S/C15H21Cl2N3O5/c16-5-3-15(25-19,4-6-17)11-1-2-13(20(23)24)10(7-11)8-12(18)9-14(21)22/h1-2,7,12H,3-6,8-9,18-19H2,(H,21,22)/t12-/m0/s1. The van der Waals surface area contributed by atoms with E-state index in [1.54, 1.807) is 6.07 Å². The van der Waals surface area contributed by atoms with E-state index >= 15 is 0 Å². The van der Waals surface area contributed by atoms with E-state index in [4.69, 9.17) is 44.8 Å². The van der Waals surface area contributed by atoms with Crippen LogP contribution in [0.15, 0.2) is 18.2 Å². The maximum Gasteiger partial charge on any atom is 0.304 e. The lowest BCUT2D eigenvalue weighted by Gasteiger charge is -2.31. The van der Waals surface area contributed by atoms with Gasteiger partial charge in [-0.2, -0.15) is 0 Å². The summed E-state index contributed by atoms with van der Waals surface area (Å²) in [6.07, 6.45) is 0.439. The van der Waals surface area contributed by atoms with Gasteiger partial charge in [0.1, 0.15) is 5.60 Å². The van der Waals surface area contributed by atoms with Gasteiger partial charge in [0.15, 0.2) is 0 Å². The van der Waals surface area contributed by atoms with Crippen LogP contribution in [-0.2, 0) is 21.7 Å². The maximum atomic E-state index is 11.3. The van der Waals surface area contributed by atoms with Gasteiger partial charge >= 0.3 is 5.97 Å². The number of carboxylic acid groups (broad SMARTS) is 1. The first-order valence-electron chi connectivity index (χ1n) is 7.54. The average Bonchev–Trinajstić information content (AvgIpc) is 2.53. The molecule has 0 aliphatic carbocycles. The highest BCUT2D eigenvalue weighted by molar-refractivity contribution is 6.18. The van der Waals surface area contributed by atoms with Crippen LogP contribution in [0.1, 0.15) is 30.4 Å². The van der Waals surface area contributed by atoms with Crippen LogP contribution in [0.5, 0.6) is 0 Å². The van der Waals surface area contributed by atoms with Crippen LogP contribution in [0, 0.1) is 10.1 Å². The average molecular weight is 394 g/mol. The summed E-state index contributed by atoms with van der Waals surface area (Å²) >= 11 is 11.7. The third-order valence-electron chi connectivity index (χ3n) is 3.94. The second-order valence-electron chi connectivity index (χ2n) is 5.65. The van der Waals surface area contributed by atoms with E-state index in [1.807, 2.05) is 0 Å². The molecule has 0 aliphatic heterocycles. The first-order valence-corrected chi connectivity index (χ1v) is 8.61. The zero-order chi connectivity index (χ0) is 19.0. The van der Waals surface area contributed by atoms with Crippen LogP contribution >= 0.6 is 23.2 Å². The third-order valence-corrected chi connectivity index (χ3v) is 4.32. The number of nitrogens with zero attached hydrogens (tertiary/aromatic N) is 1. The van der Waals surface area contributed by atoms with Crippen LogP contribution < -0.4 is 11.6 Å². The summed E-state index contributed by atoms with van der Waals surface area (Å²) < 4.78 is 0. The molecule has 25 heavy (non-hydrogen) atoms. The predicted molar refractivity (Wildman–Crippen MR) is 94.7 cm³/mol. The molecule has 1 aromatic carbocycles. The molecule has 0 unspecified atom stereocenters. The van der Waals surface area contributed by atoms with Crippen LogP contribution in [0.2, 0.25) is 0 Å². The highest BCUT2D eigenvalue weighted by Crippen LogP contribution is 2.35. The number of rotatable bonds is 11. The summed E-state index contributed by atoms with van der Waals surface area (Å²) in [6.45, 7) is 0. The zero-order valence-corrected chi connectivity index (χ0v) is 15.0. The van der Waals surface area contributed by atoms with Crippen molar-refractivity contribution in [3.63, 3.8) is 0 Å². The zero-order valence-electron chi connectivity index (χ0n) is 13.5.